The molecule has 0 aromatic heterocycles. The van der Waals surface area contributed by atoms with E-state index in [0.717, 1.165) is 25.9 Å². The Balaban J connectivity index is 1.61. The van der Waals surface area contributed by atoms with Crippen LogP contribution in [0.15, 0.2) is 0 Å². The number of carbonyl (C=O) groups is 2. The zero-order chi connectivity index (χ0) is 16.4. The van der Waals surface area contributed by atoms with Crippen molar-refractivity contribution in [2.24, 2.45) is 17.8 Å². The van der Waals surface area contributed by atoms with E-state index in [1.54, 1.807) is 0 Å². The van der Waals surface area contributed by atoms with Gasteiger partial charge in [0.25, 0.3) is 0 Å². The van der Waals surface area contributed by atoms with Crippen molar-refractivity contribution in [3.8, 4) is 0 Å². The first-order valence-electron chi connectivity index (χ1n) is 9.63. The summed E-state index contributed by atoms with van der Waals surface area (Å²) in [7, 11) is 0. The average Bonchev–Trinajstić information content (AvgIpc) is 2.72. The van der Waals surface area contributed by atoms with E-state index in [1.807, 2.05) is 9.80 Å². The molecule has 2 heterocycles. The van der Waals surface area contributed by atoms with Crippen LogP contribution in [0.4, 0.5) is 0 Å². The molecule has 4 heteroatoms. The van der Waals surface area contributed by atoms with E-state index in [9.17, 15) is 9.59 Å². The third-order valence-corrected chi connectivity index (χ3v) is 5.95. The van der Waals surface area contributed by atoms with E-state index in [2.05, 4.69) is 13.8 Å². The number of nitrogens with zero attached hydrogens (tertiary/aromatic N) is 2. The molecule has 0 radical (unpaired) electrons. The Bertz CT molecular complexity index is 433. The Kier molecular flexibility index (Phi) is 5.27. The van der Waals surface area contributed by atoms with Crippen LogP contribution in [0.25, 0.3) is 0 Å². The van der Waals surface area contributed by atoms with Crippen molar-refractivity contribution in [3.05, 3.63) is 0 Å². The molecular formula is C19H32N2O2. The molecule has 0 bridgehead atoms. The van der Waals surface area contributed by atoms with Crippen molar-refractivity contribution >= 4 is 11.8 Å². The van der Waals surface area contributed by atoms with Gasteiger partial charge in [-0.1, -0.05) is 39.5 Å². The minimum atomic E-state index is -0.0942. The molecule has 0 spiro atoms. The van der Waals surface area contributed by atoms with Crippen LogP contribution in [-0.2, 0) is 9.59 Å². The number of rotatable bonds is 2. The maximum Gasteiger partial charge on any atom is 0.228 e. The molecule has 0 unspecified atom stereocenters. The SMILES string of the molecule is C[C@@H]1C[C@@H](C)CN(C(=O)[C@@H]2CC(=O)N(C3CCCCCC3)C2)C1. The summed E-state index contributed by atoms with van der Waals surface area (Å²) >= 11 is 0. The molecule has 0 aromatic rings. The monoisotopic (exact) mass is 320 g/mol. The summed E-state index contributed by atoms with van der Waals surface area (Å²) < 4.78 is 0. The topological polar surface area (TPSA) is 40.6 Å². The molecule has 4 nitrogen and oxygen atoms in total. The van der Waals surface area contributed by atoms with Crippen LogP contribution in [-0.4, -0.2) is 47.3 Å². The second-order valence-electron chi connectivity index (χ2n) is 8.28. The minimum Gasteiger partial charge on any atom is -0.342 e. The highest BCUT2D eigenvalue weighted by Crippen LogP contribution is 2.30. The van der Waals surface area contributed by atoms with E-state index in [0.29, 0.717) is 30.8 Å². The van der Waals surface area contributed by atoms with Gasteiger partial charge in [0.05, 0.1) is 5.92 Å². The molecule has 3 rings (SSSR count). The van der Waals surface area contributed by atoms with Crippen molar-refractivity contribution in [1.82, 2.24) is 9.80 Å². The molecule has 3 aliphatic rings. The second-order valence-corrected chi connectivity index (χ2v) is 8.28. The zero-order valence-corrected chi connectivity index (χ0v) is 14.8. The van der Waals surface area contributed by atoms with E-state index >= 15 is 0 Å². The molecule has 23 heavy (non-hydrogen) atoms. The standard InChI is InChI=1S/C19H32N2O2/c1-14-9-15(2)12-20(11-14)19(23)16-10-18(22)21(13-16)17-7-5-3-4-6-8-17/h14-17H,3-13H2,1-2H3/t14-,15-,16-/m1/s1. The van der Waals surface area contributed by atoms with Gasteiger partial charge in [0.2, 0.25) is 11.8 Å². The highest BCUT2D eigenvalue weighted by atomic mass is 16.2. The molecule has 2 saturated heterocycles. The fourth-order valence-corrected chi connectivity index (χ4v) is 4.92. The van der Waals surface area contributed by atoms with Crippen LogP contribution < -0.4 is 0 Å². The third-order valence-electron chi connectivity index (χ3n) is 5.95. The molecule has 3 atom stereocenters. The van der Waals surface area contributed by atoms with Gasteiger partial charge in [-0.05, 0) is 31.1 Å². The molecule has 0 N–H and O–H groups in total. The first-order chi connectivity index (χ1) is 11.0. The summed E-state index contributed by atoms with van der Waals surface area (Å²) in [4.78, 5) is 29.4. The summed E-state index contributed by atoms with van der Waals surface area (Å²) in [6.45, 7) is 6.87. The maximum absolute atomic E-state index is 12.9. The van der Waals surface area contributed by atoms with Crippen LogP contribution in [0, 0.1) is 17.8 Å². The molecule has 2 amide bonds. The van der Waals surface area contributed by atoms with E-state index in [-0.39, 0.29) is 17.7 Å². The van der Waals surface area contributed by atoms with Crippen LogP contribution in [0.1, 0.15) is 65.2 Å². The van der Waals surface area contributed by atoms with Gasteiger partial charge in [0.1, 0.15) is 0 Å². The summed E-state index contributed by atoms with van der Waals surface area (Å²) in [6, 6.07) is 0.391. The number of likely N-dealkylation sites (tertiary alicyclic amines) is 2. The maximum atomic E-state index is 12.9. The fourth-order valence-electron chi connectivity index (χ4n) is 4.92. The Morgan fingerprint density at radius 2 is 1.57 bits per heavy atom. The normalized spacial score (nSPS) is 33.8. The quantitative estimate of drug-likeness (QED) is 0.734. The lowest BCUT2D eigenvalue weighted by Gasteiger charge is -2.36. The smallest absolute Gasteiger partial charge is 0.228 e. The molecule has 130 valence electrons. The van der Waals surface area contributed by atoms with Crippen LogP contribution >= 0.6 is 0 Å². The van der Waals surface area contributed by atoms with E-state index in [1.165, 1.54) is 32.1 Å². The number of amides is 2. The fraction of sp³-hybridized carbons (Fsp3) is 0.895. The minimum absolute atomic E-state index is 0.0942. The highest BCUT2D eigenvalue weighted by Gasteiger charge is 2.40. The van der Waals surface area contributed by atoms with E-state index < -0.39 is 0 Å². The van der Waals surface area contributed by atoms with Gasteiger partial charge < -0.3 is 9.80 Å². The van der Waals surface area contributed by atoms with Gasteiger partial charge >= 0.3 is 0 Å². The predicted octanol–water partition coefficient (Wildman–Crippen LogP) is 3.06. The Labute approximate surface area is 140 Å². The van der Waals surface area contributed by atoms with E-state index in [4.69, 9.17) is 0 Å². The van der Waals surface area contributed by atoms with Gasteiger partial charge in [-0.15, -0.1) is 0 Å². The van der Waals surface area contributed by atoms with Gasteiger partial charge in [-0.25, -0.2) is 0 Å². The lowest BCUT2D eigenvalue weighted by Crippen LogP contribution is -2.46. The number of carbonyl (C=O) groups excluding carboxylic acids is 2. The van der Waals surface area contributed by atoms with Crippen molar-refractivity contribution in [1.29, 1.82) is 0 Å². The van der Waals surface area contributed by atoms with Crippen molar-refractivity contribution in [3.63, 3.8) is 0 Å². The number of hydrogen-bond acceptors (Lipinski definition) is 2. The van der Waals surface area contributed by atoms with Crippen LogP contribution in [0.3, 0.4) is 0 Å². The van der Waals surface area contributed by atoms with Crippen LogP contribution in [0.2, 0.25) is 0 Å². The summed E-state index contributed by atoms with van der Waals surface area (Å²) in [5.74, 6) is 1.51. The van der Waals surface area contributed by atoms with Crippen molar-refractivity contribution in [2.45, 2.75) is 71.3 Å². The summed E-state index contributed by atoms with van der Waals surface area (Å²) in [5, 5.41) is 0. The Morgan fingerprint density at radius 1 is 0.957 bits per heavy atom. The Morgan fingerprint density at radius 3 is 2.17 bits per heavy atom. The van der Waals surface area contributed by atoms with Gasteiger partial charge in [0, 0.05) is 32.1 Å². The molecule has 2 aliphatic heterocycles. The largest absolute Gasteiger partial charge is 0.342 e. The molecule has 1 aliphatic carbocycles. The molecule has 0 aromatic carbocycles. The predicted molar refractivity (Wildman–Crippen MR) is 90.8 cm³/mol. The van der Waals surface area contributed by atoms with Gasteiger partial charge in [-0.3, -0.25) is 9.59 Å². The second kappa shape index (κ2) is 7.23. The average molecular weight is 320 g/mol. The van der Waals surface area contributed by atoms with Crippen molar-refractivity contribution in [2.75, 3.05) is 19.6 Å². The first kappa shape index (κ1) is 16.8. The first-order valence-corrected chi connectivity index (χ1v) is 9.63. The van der Waals surface area contributed by atoms with Crippen LogP contribution in [0.5, 0.6) is 0 Å². The third kappa shape index (κ3) is 3.89. The number of piperidine rings is 1. The Hall–Kier alpha value is -1.06. The summed E-state index contributed by atoms with van der Waals surface area (Å²) in [6.07, 6.45) is 8.96. The van der Waals surface area contributed by atoms with Gasteiger partial charge in [-0.2, -0.15) is 0 Å². The summed E-state index contributed by atoms with van der Waals surface area (Å²) in [5.41, 5.74) is 0. The molecular weight excluding hydrogens is 288 g/mol. The molecule has 1 saturated carbocycles. The highest BCUT2D eigenvalue weighted by molar-refractivity contribution is 5.89. The molecule has 3 fully saturated rings. The van der Waals surface area contributed by atoms with Gasteiger partial charge in [0.15, 0.2) is 0 Å². The lowest BCUT2D eigenvalue weighted by atomic mass is 9.91. The lowest BCUT2D eigenvalue weighted by molar-refractivity contribution is -0.138. The van der Waals surface area contributed by atoms with Crippen molar-refractivity contribution < 1.29 is 9.59 Å². The zero-order valence-electron chi connectivity index (χ0n) is 14.8. The number of hydrogen-bond donors (Lipinski definition) is 0.